The number of carbonyl (C=O) groups excluding carboxylic acids is 2. The van der Waals surface area contributed by atoms with Crippen molar-refractivity contribution in [3.63, 3.8) is 0 Å². The summed E-state index contributed by atoms with van der Waals surface area (Å²) in [6.45, 7) is 1.28. The molecular formula is C22H28N2O2S. The molecule has 6 rings (SSSR count). The number of thioether (sulfide) groups is 1. The van der Waals surface area contributed by atoms with Crippen molar-refractivity contribution in [2.45, 2.75) is 50.4 Å². The summed E-state index contributed by atoms with van der Waals surface area (Å²) in [5, 5.41) is 3.10. The van der Waals surface area contributed by atoms with Crippen LogP contribution in [-0.4, -0.2) is 34.9 Å². The fourth-order valence-electron chi connectivity index (χ4n) is 6.46. The lowest BCUT2D eigenvalue weighted by Crippen LogP contribution is -2.48. The molecule has 144 valence electrons. The third kappa shape index (κ3) is 3.39. The summed E-state index contributed by atoms with van der Waals surface area (Å²) >= 11 is 1.34. The number of hydrogen-bond donors (Lipinski definition) is 1. The van der Waals surface area contributed by atoms with Gasteiger partial charge in [0.2, 0.25) is 5.91 Å². The van der Waals surface area contributed by atoms with Gasteiger partial charge in [0.1, 0.15) is 0 Å². The van der Waals surface area contributed by atoms with Crippen molar-refractivity contribution >= 4 is 28.6 Å². The van der Waals surface area contributed by atoms with E-state index >= 15 is 0 Å². The van der Waals surface area contributed by atoms with E-state index in [2.05, 4.69) is 29.6 Å². The molecule has 5 fully saturated rings. The van der Waals surface area contributed by atoms with Crippen molar-refractivity contribution in [2.24, 2.45) is 17.8 Å². The van der Waals surface area contributed by atoms with E-state index in [0.29, 0.717) is 18.4 Å². The van der Waals surface area contributed by atoms with Crippen LogP contribution in [-0.2, 0) is 10.2 Å². The molecule has 1 aliphatic heterocycles. The lowest BCUT2D eigenvalue weighted by atomic mass is 9.48. The predicted molar refractivity (Wildman–Crippen MR) is 109 cm³/mol. The van der Waals surface area contributed by atoms with Crippen LogP contribution in [0.25, 0.3) is 0 Å². The van der Waals surface area contributed by atoms with Gasteiger partial charge in [-0.05, 0) is 79.4 Å². The van der Waals surface area contributed by atoms with Gasteiger partial charge in [-0.25, -0.2) is 0 Å². The van der Waals surface area contributed by atoms with Crippen LogP contribution >= 0.6 is 11.8 Å². The van der Waals surface area contributed by atoms with E-state index in [1.165, 1.54) is 55.9 Å². The number of carbonyl (C=O) groups is 2. The Hall–Kier alpha value is -1.49. The monoisotopic (exact) mass is 384 g/mol. The van der Waals surface area contributed by atoms with Gasteiger partial charge in [0.25, 0.3) is 5.24 Å². The maximum atomic E-state index is 12.2. The minimum absolute atomic E-state index is 0.0118. The summed E-state index contributed by atoms with van der Waals surface area (Å²) in [6, 6.07) is 8.65. The van der Waals surface area contributed by atoms with Crippen LogP contribution in [0.2, 0.25) is 0 Å². The summed E-state index contributed by atoms with van der Waals surface area (Å²) < 4.78 is 0. The third-order valence-electron chi connectivity index (χ3n) is 7.27. The highest BCUT2D eigenvalue weighted by atomic mass is 32.2. The van der Waals surface area contributed by atoms with E-state index in [-0.39, 0.29) is 11.1 Å². The maximum absolute atomic E-state index is 12.2. The number of hydrogen-bond acceptors (Lipinski definition) is 3. The molecule has 5 aliphatic rings. The molecule has 0 radical (unpaired) electrons. The van der Waals surface area contributed by atoms with Gasteiger partial charge in [0, 0.05) is 31.0 Å². The second kappa shape index (κ2) is 6.84. The van der Waals surface area contributed by atoms with Crippen molar-refractivity contribution in [2.75, 3.05) is 24.2 Å². The number of nitrogens with one attached hydrogen (secondary N) is 1. The predicted octanol–water partition coefficient (Wildman–Crippen LogP) is 4.65. The third-order valence-corrected chi connectivity index (χ3v) is 8.16. The molecule has 0 unspecified atom stereocenters. The van der Waals surface area contributed by atoms with Crippen molar-refractivity contribution < 1.29 is 9.59 Å². The minimum atomic E-state index is -0.0118. The highest BCUT2D eigenvalue weighted by molar-refractivity contribution is 8.13. The van der Waals surface area contributed by atoms with Gasteiger partial charge >= 0.3 is 0 Å². The van der Waals surface area contributed by atoms with Crippen molar-refractivity contribution in [1.82, 2.24) is 4.90 Å². The Kier molecular flexibility index (Phi) is 4.46. The molecule has 1 aromatic rings. The van der Waals surface area contributed by atoms with Crippen LogP contribution in [0.3, 0.4) is 0 Å². The van der Waals surface area contributed by atoms with Crippen LogP contribution in [0, 0.1) is 17.8 Å². The Bertz CT molecular complexity index is 710. The lowest BCUT2D eigenvalue weighted by Gasteiger charge is -2.57. The number of amides is 2. The molecule has 5 heteroatoms. The molecule has 1 N–H and O–H groups in total. The standard InChI is InChI=1S/C22H28N2O2S/c25-20(5-6-24-7-8-27-21(24)26)23-19-3-1-18(2-4-19)22-12-15-9-16(13-22)11-17(10-15)14-22/h1-4,15-17H,5-14H2,(H,23,25). The second-order valence-electron chi connectivity index (χ2n) is 9.17. The van der Waals surface area contributed by atoms with Crippen molar-refractivity contribution in [1.29, 1.82) is 0 Å². The molecule has 1 aromatic carbocycles. The van der Waals surface area contributed by atoms with Gasteiger partial charge < -0.3 is 10.2 Å². The fourth-order valence-corrected chi connectivity index (χ4v) is 7.31. The zero-order valence-electron chi connectivity index (χ0n) is 15.8. The van der Waals surface area contributed by atoms with Crippen molar-refractivity contribution in [3.05, 3.63) is 29.8 Å². The maximum Gasteiger partial charge on any atom is 0.281 e. The molecule has 1 heterocycles. The van der Waals surface area contributed by atoms with Crippen LogP contribution < -0.4 is 5.32 Å². The highest BCUT2D eigenvalue weighted by Gasteiger charge is 2.51. The summed E-state index contributed by atoms with van der Waals surface area (Å²) in [6.07, 6.45) is 8.86. The highest BCUT2D eigenvalue weighted by Crippen LogP contribution is 2.60. The molecule has 2 amide bonds. The van der Waals surface area contributed by atoms with E-state index in [9.17, 15) is 9.59 Å². The average molecular weight is 385 g/mol. The molecule has 0 atom stereocenters. The SMILES string of the molecule is O=C(CCN1CCSC1=O)Nc1ccc(C23CC4CC(CC(C4)C2)C3)cc1. The summed E-state index contributed by atoms with van der Waals surface area (Å²) in [5.41, 5.74) is 2.76. The van der Waals surface area contributed by atoms with E-state index in [1.807, 2.05) is 0 Å². The largest absolute Gasteiger partial charge is 0.332 e. The fraction of sp³-hybridized carbons (Fsp3) is 0.636. The van der Waals surface area contributed by atoms with Gasteiger partial charge in [-0.3, -0.25) is 9.59 Å². The van der Waals surface area contributed by atoms with Crippen LogP contribution in [0.4, 0.5) is 10.5 Å². The Labute approximate surface area is 165 Å². The van der Waals surface area contributed by atoms with Gasteiger partial charge in [0.15, 0.2) is 0 Å². The minimum Gasteiger partial charge on any atom is -0.332 e. The van der Waals surface area contributed by atoms with Crippen LogP contribution in [0.5, 0.6) is 0 Å². The molecule has 1 saturated heterocycles. The van der Waals surface area contributed by atoms with E-state index < -0.39 is 0 Å². The second-order valence-corrected chi connectivity index (χ2v) is 10.2. The number of nitrogens with zero attached hydrogens (tertiary/aromatic N) is 1. The number of rotatable bonds is 5. The first kappa shape index (κ1) is 17.6. The molecule has 4 saturated carbocycles. The smallest absolute Gasteiger partial charge is 0.281 e. The Morgan fingerprint density at radius 2 is 1.70 bits per heavy atom. The topological polar surface area (TPSA) is 49.4 Å². The van der Waals surface area contributed by atoms with E-state index in [0.717, 1.165) is 35.7 Å². The number of benzene rings is 1. The Balaban J connectivity index is 1.20. The first-order chi connectivity index (χ1) is 13.1. The van der Waals surface area contributed by atoms with E-state index in [4.69, 9.17) is 0 Å². The molecule has 4 aliphatic carbocycles. The molecule has 27 heavy (non-hydrogen) atoms. The normalized spacial score (nSPS) is 34.3. The van der Waals surface area contributed by atoms with Gasteiger partial charge in [-0.15, -0.1) is 0 Å². The quantitative estimate of drug-likeness (QED) is 0.804. The molecule has 0 aromatic heterocycles. The Morgan fingerprint density at radius 3 is 2.26 bits per heavy atom. The first-order valence-corrected chi connectivity index (χ1v) is 11.4. The summed E-state index contributed by atoms with van der Waals surface area (Å²) in [4.78, 5) is 25.6. The zero-order valence-corrected chi connectivity index (χ0v) is 16.6. The lowest BCUT2D eigenvalue weighted by molar-refractivity contribution is -0.116. The van der Waals surface area contributed by atoms with E-state index in [1.54, 1.807) is 4.90 Å². The van der Waals surface area contributed by atoms with Crippen LogP contribution in [0.1, 0.15) is 50.5 Å². The molecular weight excluding hydrogens is 356 g/mol. The first-order valence-electron chi connectivity index (χ1n) is 10.4. The molecule has 4 nitrogen and oxygen atoms in total. The molecule has 0 spiro atoms. The molecule has 4 bridgehead atoms. The van der Waals surface area contributed by atoms with Gasteiger partial charge in [-0.2, -0.15) is 0 Å². The summed E-state index contributed by atoms with van der Waals surface area (Å²) in [7, 11) is 0. The summed E-state index contributed by atoms with van der Waals surface area (Å²) in [5.74, 6) is 3.67. The number of anilines is 1. The Morgan fingerprint density at radius 1 is 1.07 bits per heavy atom. The van der Waals surface area contributed by atoms with Crippen molar-refractivity contribution in [3.8, 4) is 0 Å². The average Bonchev–Trinajstić information content (AvgIpc) is 3.04. The zero-order chi connectivity index (χ0) is 18.4. The van der Waals surface area contributed by atoms with Gasteiger partial charge in [0.05, 0.1) is 0 Å². The van der Waals surface area contributed by atoms with Gasteiger partial charge in [-0.1, -0.05) is 23.9 Å². The van der Waals surface area contributed by atoms with Crippen LogP contribution in [0.15, 0.2) is 24.3 Å².